The lowest BCUT2D eigenvalue weighted by Crippen LogP contribution is -2.36. The maximum atomic E-state index is 5.65. The Bertz CT molecular complexity index is 737. The molecule has 0 spiro atoms. The van der Waals surface area contributed by atoms with Crippen molar-refractivity contribution in [1.29, 1.82) is 0 Å². The molecule has 0 aliphatic rings. The van der Waals surface area contributed by atoms with Gasteiger partial charge in [0.05, 0.1) is 25.5 Å². The van der Waals surface area contributed by atoms with E-state index in [9.17, 15) is 0 Å². The van der Waals surface area contributed by atoms with Crippen LogP contribution in [0.1, 0.15) is 48.9 Å². The van der Waals surface area contributed by atoms with E-state index in [1.54, 1.807) is 7.05 Å². The summed E-state index contributed by atoms with van der Waals surface area (Å²) < 4.78 is 16.4. The smallest absolute Gasteiger partial charge is 0.191 e. The highest BCUT2D eigenvalue weighted by molar-refractivity contribution is 5.79. The average molecular weight is 403 g/mol. The van der Waals surface area contributed by atoms with Crippen LogP contribution >= 0.6 is 0 Å². The van der Waals surface area contributed by atoms with Crippen LogP contribution in [0.5, 0.6) is 0 Å². The van der Waals surface area contributed by atoms with Crippen molar-refractivity contribution in [3.05, 3.63) is 52.4 Å². The molecule has 0 atom stereocenters. The molecule has 1 aromatic heterocycles. The maximum absolute atomic E-state index is 5.65. The normalized spacial score (nSPS) is 11.7. The van der Waals surface area contributed by atoms with Crippen molar-refractivity contribution in [1.82, 2.24) is 15.8 Å². The van der Waals surface area contributed by atoms with Gasteiger partial charge in [0.1, 0.15) is 5.76 Å². The number of aryl methyl sites for hydroxylation is 2. The van der Waals surface area contributed by atoms with Crippen LogP contribution in [0.15, 0.2) is 33.8 Å². The number of aliphatic imine (C=N–C) groups is 1. The Morgan fingerprint density at radius 2 is 1.79 bits per heavy atom. The van der Waals surface area contributed by atoms with E-state index in [1.165, 1.54) is 5.56 Å². The fourth-order valence-corrected chi connectivity index (χ4v) is 3.00. The first-order valence-electron chi connectivity index (χ1n) is 10.4. The Morgan fingerprint density at radius 3 is 2.52 bits per heavy atom. The minimum atomic E-state index is 0.584. The molecule has 0 bridgehead atoms. The highest BCUT2D eigenvalue weighted by atomic mass is 16.5. The van der Waals surface area contributed by atoms with Crippen LogP contribution in [0.2, 0.25) is 0 Å². The van der Waals surface area contributed by atoms with Crippen molar-refractivity contribution in [3.63, 3.8) is 0 Å². The van der Waals surface area contributed by atoms with Gasteiger partial charge in [-0.25, -0.2) is 0 Å². The van der Waals surface area contributed by atoms with Gasteiger partial charge in [0.2, 0.25) is 0 Å². The van der Waals surface area contributed by atoms with Crippen LogP contribution in [0.4, 0.5) is 0 Å². The van der Waals surface area contributed by atoms with E-state index in [0.29, 0.717) is 32.9 Å². The molecule has 7 heteroatoms. The van der Waals surface area contributed by atoms with E-state index in [2.05, 4.69) is 52.8 Å². The molecule has 0 saturated heterocycles. The molecule has 2 aromatic rings. The molecule has 0 radical (unpaired) electrons. The molecule has 2 N–H and O–H groups in total. The summed E-state index contributed by atoms with van der Waals surface area (Å²) in [5.74, 6) is 1.68. The van der Waals surface area contributed by atoms with Gasteiger partial charge >= 0.3 is 0 Å². The van der Waals surface area contributed by atoms with Crippen molar-refractivity contribution >= 4 is 5.96 Å². The highest BCUT2D eigenvalue weighted by Gasteiger charge is 2.13. The Morgan fingerprint density at radius 1 is 1.03 bits per heavy atom. The first-order chi connectivity index (χ1) is 14.2. The SMILES string of the molecule is CCOCCOCc1cccc(CNC(=NC)NCc2c(CC)noc2CC)c1. The zero-order chi connectivity index (χ0) is 20.9. The third-order valence-corrected chi connectivity index (χ3v) is 4.56. The van der Waals surface area contributed by atoms with Crippen LogP contribution < -0.4 is 10.6 Å². The topological polar surface area (TPSA) is 80.9 Å². The molecule has 0 aliphatic carbocycles. The van der Waals surface area contributed by atoms with Crippen LogP contribution in [-0.2, 0) is 42.0 Å². The van der Waals surface area contributed by atoms with Crippen molar-refractivity contribution in [3.8, 4) is 0 Å². The number of hydrogen-bond acceptors (Lipinski definition) is 5. The maximum Gasteiger partial charge on any atom is 0.191 e. The summed E-state index contributed by atoms with van der Waals surface area (Å²) in [4.78, 5) is 4.32. The van der Waals surface area contributed by atoms with Crippen LogP contribution in [-0.4, -0.2) is 38.0 Å². The van der Waals surface area contributed by atoms with Crippen LogP contribution in [0.3, 0.4) is 0 Å². The fraction of sp³-hybridized carbons (Fsp3) is 0.545. The quantitative estimate of drug-likeness (QED) is 0.322. The summed E-state index contributed by atoms with van der Waals surface area (Å²) in [6.45, 7) is 10.0. The molecule has 0 aliphatic heterocycles. The zero-order valence-electron chi connectivity index (χ0n) is 18.1. The van der Waals surface area contributed by atoms with Gasteiger partial charge in [0, 0.05) is 38.7 Å². The summed E-state index contributed by atoms with van der Waals surface area (Å²) in [6.07, 6.45) is 1.68. The van der Waals surface area contributed by atoms with Crippen LogP contribution in [0.25, 0.3) is 0 Å². The predicted molar refractivity (Wildman–Crippen MR) is 115 cm³/mol. The number of hydrogen-bond donors (Lipinski definition) is 2. The summed E-state index contributed by atoms with van der Waals surface area (Å²) in [6, 6.07) is 8.36. The molecule has 160 valence electrons. The van der Waals surface area contributed by atoms with Crippen LogP contribution in [0, 0.1) is 0 Å². The highest BCUT2D eigenvalue weighted by Crippen LogP contribution is 2.15. The van der Waals surface area contributed by atoms with Gasteiger partial charge < -0.3 is 24.6 Å². The molecule has 0 amide bonds. The molecule has 29 heavy (non-hydrogen) atoms. The summed E-state index contributed by atoms with van der Waals surface area (Å²) in [5.41, 5.74) is 4.45. The second-order valence-corrected chi connectivity index (χ2v) is 6.59. The molecule has 1 heterocycles. The molecule has 7 nitrogen and oxygen atoms in total. The fourth-order valence-electron chi connectivity index (χ4n) is 3.00. The minimum absolute atomic E-state index is 0.584. The lowest BCUT2D eigenvalue weighted by molar-refractivity contribution is 0.0453. The Kier molecular flexibility index (Phi) is 10.2. The largest absolute Gasteiger partial charge is 0.379 e. The van der Waals surface area contributed by atoms with E-state index in [4.69, 9.17) is 14.0 Å². The molecule has 0 unspecified atom stereocenters. The lowest BCUT2D eigenvalue weighted by Gasteiger charge is -2.13. The standard InChI is InChI=1S/C22H34N4O3/c1-5-20-19(21(6-2)29-26-20)15-25-22(23-4)24-14-17-9-8-10-18(13-17)16-28-12-11-27-7-3/h8-10,13H,5-7,11-12,14-16H2,1-4H3,(H2,23,24,25). The summed E-state index contributed by atoms with van der Waals surface area (Å²) in [5, 5.41) is 10.9. The predicted octanol–water partition coefficient (Wildman–Crippen LogP) is 3.22. The van der Waals surface area contributed by atoms with Crippen molar-refractivity contribution in [2.24, 2.45) is 4.99 Å². The van der Waals surface area contributed by atoms with E-state index in [-0.39, 0.29) is 0 Å². The van der Waals surface area contributed by atoms with Gasteiger partial charge in [0.15, 0.2) is 5.96 Å². The van der Waals surface area contributed by atoms with Gasteiger partial charge in [-0.15, -0.1) is 0 Å². The number of benzene rings is 1. The van der Waals surface area contributed by atoms with Gasteiger partial charge in [-0.3, -0.25) is 4.99 Å². The Hall–Kier alpha value is -2.38. The molecule has 1 aromatic carbocycles. The lowest BCUT2D eigenvalue weighted by atomic mass is 10.1. The number of ether oxygens (including phenoxy) is 2. The van der Waals surface area contributed by atoms with E-state index in [0.717, 1.165) is 48.0 Å². The molecule has 2 rings (SSSR count). The van der Waals surface area contributed by atoms with Gasteiger partial charge in [0.25, 0.3) is 0 Å². The van der Waals surface area contributed by atoms with Crippen molar-refractivity contribution < 1.29 is 14.0 Å². The molecule has 0 fully saturated rings. The van der Waals surface area contributed by atoms with Crippen molar-refractivity contribution in [2.45, 2.75) is 53.3 Å². The molecular formula is C22H34N4O3. The number of rotatable bonds is 12. The monoisotopic (exact) mass is 402 g/mol. The first-order valence-corrected chi connectivity index (χ1v) is 10.4. The number of nitrogens with zero attached hydrogens (tertiary/aromatic N) is 2. The van der Waals surface area contributed by atoms with Gasteiger partial charge in [-0.05, 0) is 24.5 Å². The van der Waals surface area contributed by atoms with Gasteiger partial charge in [-0.2, -0.15) is 0 Å². The Labute approximate surface area is 173 Å². The van der Waals surface area contributed by atoms with E-state index < -0.39 is 0 Å². The number of nitrogens with one attached hydrogen (secondary N) is 2. The summed E-state index contributed by atoms with van der Waals surface area (Å²) in [7, 11) is 1.77. The third-order valence-electron chi connectivity index (χ3n) is 4.56. The van der Waals surface area contributed by atoms with Crippen molar-refractivity contribution in [2.75, 3.05) is 26.9 Å². The number of guanidine groups is 1. The zero-order valence-corrected chi connectivity index (χ0v) is 18.1. The second-order valence-electron chi connectivity index (χ2n) is 6.59. The van der Waals surface area contributed by atoms with E-state index in [1.807, 2.05) is 13.0 Å². The minimum Gasteiger partial charge on any atom is -0.379 e. The molecular weight excluding hydrogens is 368 g/mol. The number of aromatic nitrogens is 1. The first kappa shape index (κ1) is 22.9. The third kappa shape index (κ3) is 7.51. The average Bonchev–Trinajstić information content (AvgIpc) is 3.16. The van der Waals surface area contributed by atoms with Gasteiger partial charge in [-0.1, -0.05) is 43.3 Å². The molecule has 0 saturated carbocycles. The Balaban J connectivity index is 1.83. The second kappa shape index (κ2) is 13.0. The summed E-state index contributed by atoms with van der Waals surface area (Å²) >= 11 is 0. The van der Waals surface area contributed by atoms with E-state index >= 15 is 0 Å².